The molecule has 20 heavy (non-hydrogen) atoms. The van der Waals surface area contributed by atoms with Gasteiger partial charge in [-0.2, -0.15) is 0 Å². The number of unbranched alkanes of at least 4 members (excludes halogenated alkanes) is 11. The predicted octanol–water partition coefficient (Wildman–Crippen LogP) is 7.68. The molecule has 0 aromatic heterocycles. The monoisotopic (exact) mass is 280 g/mol. The van der Waals surface area contributed by atoms with Crippen LogP contribution in [0.5, 0.6) is 0 Å². The lowest BCUT2D eigenvalue weighted by Crippen LogP contribution is -1.90. The van der Waals surface area contributed by atoms with Gasteiger partial charge in [0, 0.05) is 0 Å². The average molecular weight is 281 g/mol. The first-order valence-corrected chi connectivity index (χ1v) is 9.47. The molecule has 1 unspecified atom stereocenters. The Balaban J connectivity index is 3.24. The first-order valence-electron chi connectivity index (χ1n) is 9.47. The molecule has 0 heterocycles. The van der Waals surface area contributed by atoms with Crippen molar-refractivity contribution < 1.29 is 0 Å². The Morgan fingerprint density at radius 3 is 1.75 bits per heavy atom. The number of rotatable bonds is 15. The average Bonchev–Trinajstić information content (AvgIpc) is 2.45. The third-order valence-corrected chi connectivity index (χ3v) is 4.20. The second kappa shape index (κ2) is 16.8. The highest BCUT2D eigenvalue weighted by Gasteiger charge is 1.97. The molecule has 0 aliphatic heterocycles. The molecule has 0 spiro atoms. The minimum atomic E-state index is 0.793. The minimum absolute atomic E-state index is 0.793. The van der Waals surface area contributed by atoms with Gasteiger partial charge in [0.15, 0.2) is 0 Å². The molecule has 0 aliphatic rings. The molecule has 0 bridgehead atoms. The zero-order valence-corrected chi connectivity index (χ0v) is 14.6. The fourth-order valence-electron chi connectivity index (χ4n) is 2.71. The van der Waals surface area contributed by atoms with Gasteiger partial charge in [-0.15, -0.1) is 0 Å². The largest absolute Gasteiger partial charge is 0.0883 e. The molecule has 0 nitrogen and oxygen atoms in total. The highest BCUT2D eigenvalue weighted by molar-refractivity contribution is 4.86. The molecule has 0 fully saturated rings. The van der Waals surface area contributed by atoms with Crippen molar-refractivity contribution >= 4 is 0 Å². The smallest absolute Gasteiger partial charge is 0.0262 e. The maximum absolute atomic E-state index is 2.46. The number of hydrogen-bond acceptors (Lipinski definition) is 0. The van der Waals surface area contributed by atoms with E-state index >= 15 is 0 Å². The van der Waals surface area contributed by atoms with Gasteiger partial charge in [0.2, 0.25) is 0 Å². The van der Waals surface area contributed by atoms with Crippen LogP contribution in [0.25, 0.3) is 0 Å². The van der Waals surface area contributed by atoms with Gasteiger partial charge in [-0.25, -0.2) is 0 Å². The molecule has 0 aromatic carbocycles. The molecule has 0 aliphatic carbocycles. The van der Waals surface area contributed by atoms with Crippen molar-refractivity contribution in [1.29, 1.82) is 0 Å². The summed E-state index contributed by atoms with van der Waals surface area (Å²) < 4.78 is 0. The summed E-state index contributed by atoms with van der Waals surface area (Å²) in [7, 11) is 0. The summed E-state index contributed by atoms with van der Waals surface area (Å²) in [4.78, 5) is 0. The highest BCUT2D eigenvalue weighted by atomic mass is 14.0. The number of allylic oxidation sites excluding steroid dienone is 2. The minimum Gasteiger partial charge on any atom is -0.0883 e. The highest BCUT2D eigenvalue weighted by Crippen LogP contribution is 2.14. The number of hydrogen-bond donors (Lipinski definition) is 0. The van der Waals surface area contributed by atoms with Crippen molar-refractivity contribution in [3.8, 4) is 0 Å². The first kappa shape index (κ1) is 19.7. The van der Waals surface area contributed by atoms with E-state index in [1.807, 2.05) is 0 Å². The van der Waals surface area contributed by atoms with E-state index < -0.39 is 0 Å². The van der Waals surface area contributed by atoms with Crippen LogP contribution in [0.15, 0.2) is 12.2 Å². The van der Waals surface area contributed by atoms with Crippen LogP contribution in [0.2, 0.25) is 0 Å². The van der Waals surface area contributed by atoms with Gasteiger partial charge in [0.25, 0.3) is 0 Å². The van der Waals surface area contributed by atoms with Crippen LogP contribution < -0.4 is 0 Å². The standard InChI is InChI=1S/C20H40/c1-4-6-8-10-12-13-15-17-19-20(3)18-16-14-11-9-7-5-2/h17,19-20H,4-16,18H2,1-3H3/b19-17+. The zero-order valence-electron chi connectivity index (χ0n) is 14.6. The Hall–Kier alpha value is -0.260. The van der Waals surface area contributed by atoms with E-state index in [0.717, 1.165) is 5.92 Å². The fourth-order valence-corrected chi connectivity index (χ4v) is 2.71. The molecular weight excluding hydrogens is 240 g/mol. The predicted molar refractivity (Wildman–Crippen MR) is 94.3 cm³/mol. The van der Waals surface area contributed by atoms with Crippen molar-refractivity contribution in [2.24, 2.45) is 5.92 Å². The second-order valence-electron chi connectivity index (χ2n) is 6.52. The van der Waals surface area contributed by atoms with Crippen molar-refractivity contribution in [2.45, 2.75) is 111 Å². The van der Waals surface area contributed by atoms with E-state index in [1.54, 1.807) is 0 Å². The molecule has 0 radical (unpaired) electrons. The first-order chi connectivity index (χ1) is 9.81. The summed E-state index contributed by atoms with van der Waals surface area (Å²) in [6.07, 6.45) is 24.6. The Kier molecular flexibility index (Phi) is 16.6. The second-order valence-corrected chi connectivity index (χ2v) is 6.52. The van der Waals surface area contributed by atoms with Crippen molar-refractivity contribution in [2.75, 3.05) is 0 Å². The van der Waals surface area contributed by atoms with Crippen LogP contribution in [0.4, 0.5) is 0 Å². The molecule has 0 rings (SSSR count). The van der Waals surface area contributed by atoms with E-state index in [9.17, 15) is 0 Å². The molecular formula is C20H40. The van der Waals surface area contributed by atoms with Crippen LogP contribution in [-0.4, -0.2) is 0 Å². The molecule has 0 heteroatoms. The van der Waals surface area contributed by atoms with Gasteiger partial charge < -0.3 is 0 Å². The summed E-state index contributed by atoms with van der Waals surface area (Å²) in [5, 5.41) is 0. The maximum Gasteiger partial charge on any atom is -0.0262 e. The Bertz CT molecular complexity index is 192. The Morgan fingerprint density at radius 1 is 0.650 bits per heavy atom. The zero-order chi connectivity index (χ0) is 14.9. The van der Waals surface area contributed by atoms with Gasteiger partial charge in [-0.3, -0.25) is 0 Å². The third kappa shape index (κ3) is 15.8. The lowest BCUT2D eigenvalue weighted by atomic mass is 10.0. The van der Waals surface area contributed by atoms with E-state index in [1.165, 1.54) is 89.9 Å². The summed E-state index contributed by atoms with van der Waals surface area (Å²) in [5.41, 5.74) is 0. The van der Waals surface area contributed by atoms with Gasteiger partial charge >= 0.3 is 0 Å². The molecule has 120 valence electrons. The van der Waals surface area contributed by atoms with Gasteiger partial charge in [0.1, 0.15) is 0 Å². The summed E-state index contributed by atoms with van der Waals surface area (Å²) in [6, 6.07) is 0. The van der Waals surface area contributed by atoms with Crippen LogP contribution >= 0.6 is 0 Å². The van der Waals surface area contributed by atoms with Crippen LogP contribution in [0, 0.1) is 5.92 Å². The summed E-state index contributed by atoms with van der Waals surface area (Å²) in [5.74, 6) is 0.793. The quantitative estimate of drug-likeness (QED) is 0.213. The SMILES string of the molecule is CCCCCCCC/C=C/C(C)CCCCCCCC. The molecule has 0 aromatic rings. The molecule has 0 N–H and O–H groups in total. The molecule has 1 atom stereocenters. The van der Waals surface area contributed by atoms with Crippen molar-refractivity contribution in [3.63, 3.8) is 0 Å². The third-order valence-electron chi connectivity index (χ3n) is 4.20. The lowest BCUT2D eigenvalue weighted by Gasteiger charge is -2.06. The maximum atomic E-state index is 2.46. The Morgan fingerprint density at radius 2 is 1.15 bits per heavy atom. The van der Waals surface area contributed by atoms with Gasteiger partial charge in [-0.05, 0) is 25.2 Å². The molecule has 0 amide bonds. The van der Waals surface area contributed by atoms with Gasteiger partial charge in [-0.1, -0.05) is 104 Å². The fraction of sp³-hybridized carbons (Fsp3) is 0.900. The van der Waals surface area contributed by atoms with E-state index in [4.69, 9.17) is 0 Å². The van der Waals surface area contributed by atoms with E-state index in [2.05, 4.69) is 32.9 Å². The van der Waals surface area contributed by atoms with Gasteiger partial charge in [0.05, 0.1) is 0 Å². The van der Waals surface area contributed by atoms with Crippen molar-refractivity contribution in [1.82, 2.24) is 0 Å². The van der Waals surface area contributed by atoms with E-state index in [-0.39, 0.29) is 0 Å². The summed E-state index contributed by atoms with van der Waals surface area (Å²) >= 11 is 0. The topological polar surface area (TPSA) is 0 Å². The van der Waals surface area contributed by atoms with Crippen LogP contribution in [0.3, 0.4) is 0 Å². The Labute approximate surface area is 129 Å². The summed E-state index contributed by atoms with van der Waals surface area (Å²) in [6.45, 7) is 6.95. The molecule has 0 saturated carbocycles. The van der Waals surface area contributed by atoms with Crippen LogP contribution in [-0.2, 0) is 0 Å². The lowest BCUT2D eigenvalue weighted by molar-refractivity contribution is 0.541. The van der Waals surface area contributed by atoms with E-state index in [0.29, 0.717) is 0 Å². The molecule has 0 saturated heterocycles. The van der Waals surface area contributed by atoms with Crippen LogP contribution in [0.1, 0.15) is 111 Å². The normalized spacial score (nSPS) is 13.2. The van der Waals surface area contributed by atoms with Crippen molar-refractivity contribution in [3.05, 3.63) is 12.2 Å².